The number of nitrogens with zero attached hydrogens (tertiary/aromatic N) is 2. The molecular formula is C19H13F3N2O4. The monoisotopic (exact) mass is 390 g/mol. The van der Waals surface area contributed by atoms with Crippen molar-refractivity contribution in [3.63, 3.8) is 0 Å². The van der Waals surface area contributed by atoms with E-state index in [1.165, 1.54) is 18.2 Å². The molecular weight excluding hydrogens is 377 g/mol. The molecule has 28 heavy (non-hydrogen) atoms. The van der Waals surface area contributed by atoms with E-state index in [1.807, 2.05) is 6.07 Å². The van der Waals surface area contributed by atoms with E-state index in [1.54, 1.807) is 22.8 Å². The third-order valence-corrected chi connectivity index (χ3v) is 3.89. The van der Waals surface area contributed by atoms with Gasteiger partial charge in [0.25, 0.3) is 0 Å². The predicted octanol–water partition coefficient (Wildman–Crippen LogP) is 4.19. The van der Waals surface area contributed by atoms with Gasteiger partial charge in [0.15, 0.2) is 0 Å². The molecule has 0 aliphatic carbocycles. The quantitative estimate of drug-likeness (QED) is 0.682. The molecule has 3 rings (SSSR count). The van der Waals surface area contributed by atoms with E-state index in [-0.39, 0.29) is 24.6 Å². The number of benzene rings is 2. The molecule has 0 saturated heterocycles. The van der Waals surface area contributed by atoms with Crippen molar-refractivity contribution in [2.24, 2.45) is 0 Å². The molecule has 0 bridgehead atoms. The average Bonchev–Trinajstić information content (AvgIpc) is 3.00. The van der Waals surface area contributed by atoms with Crippen LogP contribution in [0, 0.1) is 11.3 Å². The van der Waals surface area contributed by atoms with Gasteiger partial charge in [-0.25, -0.2) is 4.79 Å². The number of aromatic carboxylic acids is 1. The number of halogens is 3. The summed E-state index contributed by atoms with van der Waals surface area (Å²) in [5, 5.41) is 19.0. The molecule has 0 radical (unpaired) electrons. The zero-order valence-corrected chi connectivity index (χ0v) is 14.2. The Morgan fingerprint density at radius 2 is 1.79 bits per heavy atom. The summed E-state index contributed by atoms with van der Waals surface area (Å²) in [5.41, 5.74) is 1.09. The van der Waals surface area contributed by atoms with Gasteiger partial charge in [-0.3, -0.25) is 0 Å². The van der Waals surface area contributed by atoms with Crippen LogP contribution >= 0.6 is 0 Å². The molecule has 9 heteroatoms. The summed E-state index contributed by atoms with van der Waals surface area (Å²) in [6.45, 7) is 0.279. The Morgan fingerprint density at radius 1 is 1.11 bits per heavy atom. The zero-order valence-electron chi connectivity index (χ0n) is 14.2. The van der Waals surface area contributed by atoms with Crippen LogP contribution in [0.5, 0.6) is 11.5 Å². The van der Waals surface area contributed by atoms with Gasteiger partial charge in [-0.15, -0.1) is 13.2 Å². The van der Waals surface area contributed by atoms with Crippen LogP contribution in [0.3, 0.4) is 0 Å². The van der Waals surface area contributed by atoms with Crippen molar-refractivity contribution in [2.75, 3.05) is 6.61 Å². The minimum Gasteiger partial charge on any atom is -0.492 e. The van der Waals surface area contributed by atoms with E-state index in [9.17, 15) is 23.1 Å². The molecule has 3 aromatic rings. The van der Waals surface area contributed by atoms with Gasteiger partial charge in [-0.1, -0.05) is 0 Å². The number of alkyl halides is 3. The summed E-state index contributed by atoms with van der Waals surface area (Å²) >= 11 is 0. The number of nitriles is 1. The van der Waals surface area contributed by atoms with E-state index >= 15 is 0 Å². The summed E-state index contributed by atoms with van der Waals surface area (Å²) in [5.74, 6) is -1.17. The number of carboxylic acids is 1. The second-order valence-electron chi connectivity index (χ2n) is 5.74. The molecule has 0 saturated carbocycles. The van der Waals surface area contributed by atoms with Crippen molar-refractivity contribution >= 4 is 16.9 Å². The van der Waals surface area contributed by atoms with Crippen LogP contribution in [0.2, 0.25) is 0 Å². The van der Waals surface area contributed by atoms with Crippen molar-refractivity contribution in [2.45, 2.75) is 12.9 Å². The van der Waals surface area contributed by atoms with Gasteiger partial charge in [-0.05, 0) is 48.5 Å². The maximum absolute atomic E-state index is 12.2. The van der Waals surface area contributed by atoms with Gasteiger partial charge in [0.2, 0.25) is 0 Å². The number of carbonyl (C=O) groups is 1. The van der Waals surface area contributed by atoms with Crippen LogP contribution in [0.25, 0.3) is 10.9 Å². The number of ether oxygens (including phenoxy) is 2. The van der Waals surface area contributed by atoms with Gasteiger partial charge in [0.05, 0.1) is 18.2 Å². The Hall–Kier alpha value is -3.67. The third-order valence-electron chi connectivity index (χ3n) is 3.89. The fraction of sp³-hybridized carbons (Fsp3) is 0.158. The molecule has 1 heterocycles. The van der Waals surface area contributed by atoms with Crippen LogP contribution < -0.4 is 9.47 Å². The minimum absolute atomic E-state index is 0.0441. The van der Waals surface area contributed by atoms with Gasteiger partial charge in [-0.2, -0.15) is 5.26 Å². The van der Waals surface area contributed by atoms with Crippen molar-refractivity contribution in [3.05, 3.63) is 59.8 Å². The molecule has 2 aromatic carbocycles. The largest absolute Gasteiger partial charge is 0.573 e. The summed E-state index contributed by atoms with van der Waals surface area (Å²) in [6.07, 6.45) is -4.77. The molecule has 1 N–H and O–H groups in total. The van der Waals surface area contributed by atoms with Crippen LogP contribution in [0.4, 0.5) is 13.2 Å². The Morgan fingerprint density at radius 3 is 2.39 bits per heavy atom. The topological polar surface area (TPSA) is 84.5 Å². The van der Waals surface area contributed by atoms with E-state index < -0.39 is 12.3 Å². The van der Waals surface area contributed by atoms with Crippen molar-refractivity contribution in [3.8, 4) is 17.6 Å². The number of hydrogen-bond donors (Lipinski definition) is 1. The second-order valence-corrected chi connectivity index (χ2v) is 5.74. The van der Waals surface area contributed by atoms with E-state index in [4.69, 9.17) is 10.00 Å². The minimum atomic E-state index is -4.77. The predicted molar refractivity (Wildman–Crippen MR) is 92.2 cm³/mol. The summed E-state index contributed by atoms with van der Waals surface area (Å²) in [6, 6.07) is 13.2. The molecule has 0 amide bonds. The molecule has 144 valence electrons. The Balaban J connectivity index is 1.72. The summed E-state index contributed by atoms with van der Waals surface area (Å²) in [4.78, 5) is 11.5. The molecule has 1 aromatic heterocycles. The highest BCUT2D eigenvalue weighted by Crippen LogP contribution is 2.25. The van der Waals surface area contributed by atoms with E-state index in [0.717, 1.165) is 12.1 Å². The molecule has 0 unspecified atom stereocenters. The van der Waals surface area contributed by atoms with E-state index in [0.29, 0.717) is 22.2 Å². The fourth-order valence-corrected chi connectivity index (χ4v) is 2.75. The fourth-order valence-electron chi connectivity index (χ4n) is 2.75. The molecule has 0 aliphatic heterocycles. The SMILES string of the molecule is N#Cc1ccc2c(c1)cc(C(=O)O)n2CCOc1ccc(OC(F)(F)F)cc1. The van der Waals surface area contributed by atoms with Gasteiger partial charge in [0.1, 0.15) is 23.8 Å². The Labute approximate surface area is 156 Å². The number of hydrogen-bond acceptors (Lipinski definition) is 4. The van der Waals surface area contributed by atoms with Gasteiger partial charge < -0.3 is 19.1 Å². The Kier molecular flexibility index (Phi) is 5.13. The van der Waals surface area contributed by atoms with E-state index in [2.05, 4.69) is 4.74 Å². The van der Waals surface area contributed by atoms with Crippen LogP contribution in [0.15, 0.2) is 48.5 Å². The normalized spacial score (nSPS) is 11.2. The van der Waals surface area contributed by atoms with Gasteiger partial charge in [0, 0.05) is 10.9 Å². The number of aromatic nitrogens is 1. The third kappa shape index (κ3) is 4.35. The van der Waals surface area contributed by atoms with Crippen LogP contribution in [0.1, 0.15) is 16.1 Å². The molecule has 0 fully saturated rings. The number of fused-ring (bicyclic) bond motifs is 1. The van der Waals surface area contributed by atoms with Crippen molar-refractivity contribution < 1.29 is 32.5 Å². The smallest absolute Gasteiger partial charge is 0.492 e. The summed E-state index contributed by atoms with van der Waals surface area (Å²) < 4.78 is 47.3. The average molecular weight is 390 g/mol. The first-order chi connectivity index (χ1) is 13.3. The maximum Gasteiger partial charge on any atom is 0.573 e. The van der Waals surface area contributed by atoms with Crippen molar-refractivity contribution in [1.29, 1.82) is 5.26 Å². The first-order valence-corrected chi connectivity index (χ1v) is 8.02. The molecule has 0 aliphatic rings. The highest BCUT2D eigenvalue weighted by atomic mass is 19.4. The standard InChI is InChI=1S/C19H13F3N2O4/c20-19(21,22)28-15-4-2-14(3-5-15)27-8-7-24-16-6-1-12(11-23)9-13(16)10-17(24)18(25)26/h1-6,9-10H,7-8H2,(H,25,26). The van der Waals surface area contributed by atoms with Crippen molar-refractivity contribution in [1.82, 2.24) is 4.57 Å². The summed E-state index contributed by atoms with van der Waals surface area (Å²) in [7, 11) is 0. The molecule has 6 nitrogen and oxygen atoms in total. The molecule has 0 spiro atoms. The first kappa shape index (κ1) is 19.1. The first-order valence-electron chi connectivity index (χ1n) is 8.02. The lowest BCUT2D eigenvalue weighted by Gasteiger charge is -2.12. The highest BCUT2D eigenvalue weighted by molar-refractivity contribution is 5.95. The lowest BCUT2D eigenvalue weighted by Crippen LogP contribution is -2.17. The number of rotatable bonds is 6. The lowest BCUT2D eigenvalue weighted by molar-refractivity contribution is -0.274. The number of carboxylic acid groups (broad SMARTS) is 1. The van der Waals surface area contributed by atoms with Crippen LogP contribution in [-0.4, -0.2) is 28.6 Å². The Bertz CT molecular complexity index is 1050. The van der Waals surface area contributed by atoms with Crippen LogP contribution in [-0.2, 0) is 6.54 Å². The zero-order chi connectivity index (χ0) is 20.3. The lowest BCUT2D eigenvalue weighted by atomic mass is 10.2. The maximum atomic E-state index is 12.2. The van der Waals surface area contributed by atoms with Gasteiger partial charge >= 0.3 is 12.3 Å². The molecule has 0 atom stereocenters. The highest BCUT2D eigenvalue weighted by Gasteiger charge is 2.30. The second kappa shape index (κ2) is 7.52.